The Hall–Kier alpha value is -3.65. The van der Waals surface area contributed by atoms with E-state index in [4.69, 9.17) is 39.9 Å². The van der Waals surface area contributed by atoms with Crippen LogP contribution in [0.15, 0.2) is 115 Å². The van der Waals surface area contributed by atoms with E-state index in [0.717, 1.165) is 55.3 Å². The first-order valence-electron chi connectivity index (χ1n) is 17.2. The number of benzene rings is 2. The van der Waals surface area contributed by atoms with E-state index in [9.17, 15) is 9.90 Å². The second-order valence-corrected chi connectivity index (χ2v) is 12.8. The number of carbonyl (C=O) groups excluding carboxylic acids is 1. The minimum Gasteiger partial charge on any atom is -0.373 e. The lowest BCUT2D eigenvalue weighted by atomic mass is 10.1. The van der Waals surface area contributed by atoms with Gasteiger partial charge in [-0.05, 0) is 82.2 Å². The van der Waals surface area contributed by atoms with Crippen molar-refractivity contribution in [3.05, 3.63) is 142 Å². The number of halogens is 3. The molecule has 0 aliphatic heterocycles. The van der Waals surface area contributed by atoms with Gasteiger partial charge in [0.1, 0.15) is 11.9 Å². The number of allylic oxidation sites excluding steroid dienone is 12. The fraction of sp³-hybridized carbons (Fsp3) is 0.317. The fourth-order valence-corrected chi connectivity index (χ4v) is 5.61. The van der Waals surface area contributed by atoms with E-state index in [1.165, 1.54) is 0 Å². The molecule has 1 aromatic heterocycles. The van der Waals surface area contributed by atoms with Crippen molar-refractivity contribution >= 4 is 40.7 Å². The molecule has 0 fully saturated rings. The zero-order chi connectivity index (χ0) is 36.0. The van der Waals surface area contributed by atoms with Crippen LogP contribution in [0.3, 0.4) is 0 Å². The van der Waals surface area contributed by atoms with Gasteiger partial charge in [-0.1, -0.05) is 127 Å². The number of nitrogens with one attached hydrogen (secondary N) is 2. The summed E-state index contributed by atoms with van der Waals surface area (Å²) in [4.78, 5) is 12.3. The summed E-state index contributed by atoms with van der Waals surface area (Å²) in [6, 6.07) is 12.6. The van der Waals surface area contributed by atoms with Crippen LogP contribution in [0.1, 0.15) is 75.8 Å². The van der Waals surface area contributed by atoms with E-state index in [2.05, 4.69) is 84.4 Å². The standard InChI is InChI=1S/C41H49Cl3N4O2/c1-3-4-5-6-7-8-9-10-11-12-13-14-15-16-17-18-19-20-21-22-38(49)45-29-30-46-41(50)39-32(2)40(33-23-25-34(42)26-24-33)48(47-39)37-28-27-35(43)31-36(37)44/h4-5,7-8,10-11,13-14,16-17,19-20,23-28,31,41,46,50H,3,6,9,12,15,18,21-22,29-30H2,1-2H3,(H,45,49)/b5-4+,8-7+,11-10-,14-13+,17-16+,20-19+. The molecule has 0 saturated heterocycles. The molecule has 1 heterocycles. The van der Waals surface area contributed by atoms with E-state index in [1.807, 2.05) is 25.1 Å². The molecular formula is C41H49Cl3N4O2. The summed E-state index contributed by atoms with van der Waals surface area (Å²) in [6.45, 7) is 4.77. The molecule has 0 saturated carbocycles. The van der Waals surface area contributed by atoms with Crippen LogP contribution in [-0.2, 0) is 4.79 Å². The van der Waals surface area contributed by atoms with Gasteiger partial charge in [0.15, 0.2) is 0 Å². The SMILES string of the molecule is CC/C=C/C/C=C/C/C=C\C/C=C/C/C=C/C/C=C/CCC(=O)NCCNC(O)c1nn(-c2ccc(Cl)cc2Cl)c(-c2ccc(Cl)cc2)c1C. The summed E-state index contributed by atoms with van der Waals surface area (Å²) >= 11 is 18.8. The van der Waals surface area contributed by atoms with Crippen molar-refractivity contribution in [2.24, 2.45) is 0 Å². The summed E-state index contributed by atoms with van der Waals surface area (Å²) in [7, 11) is 0. The van der Waals surface area contributed by atoms with Gasteiger partial charge < -0.3 is 10.4 Å². The number of aliphatic hydroxyl groups excluding tert-OH is 1. The van der Waals surface area contributed by atoms with Gasteiger partial charge in [0.2, 0.25) is 5.91 Å². The summed E-state index contributed by atoms with van der Waals surface area (Å²) < 4.78 is 1.70. The molecule has 6 nitrogen and oxygen atoms in total. The second-order valence-electron chi connectivity index (χ2n) is 11.5. The number of nitrogens with zero attached hydrogens (tertiary/aromatic N) is 2. The van der Waals surface area contributed by atoms with Gasteiger partial charge in [-0.3, -0.25) is 10.1 Å². The highest BCUT2D eigenvalue weighted by atomic mass is 35.5. The van der Waals surface area contributed by atoms with Crippen molar-refractivity contribution in [2.45, 2.75) is 71.4 Å². The quantitative estimate of drug-likeness (QED) is 0.0578. The van der Waals surface area contributed by atoms with Gasteiger partial charge in [-0.25, -0.2) is 4.68 Å². The highest BCUT2D eigenvalue weighted by Crippen LogP contribution is 2.34. The predicted molar refractivity (Wildman–Crippen MR) is 212 cm³/mol. The summed E-state index contributed by atoms with van der Waals surface area (Å²) in [5, 5.41) is 23.3. The Labute approximate surface area is 312 Å². The average molecular weight is 736 g/mol. The van der Waals surface area contributed by atoms with E-state index in [1.54, 1.807) is 35.0 Å². The molecule has 0 aliphatic rings. The number of amides is 1. The van der Waals surface area contributed by atoms with E-state index < -0.39 is 6.23 Å². The van der Waals surface area contributed by atoms with E-state index in [0.29, 0.717) is 52.4 Å². The van der Waals surface area contributed by atoms with Crippen molar-refractivity contribution < 1.29 is 9.90 Å². The number of carbonyl (C=O) groups is 1. The topological polar surface area (TPSA) is 79.2 Å². The Morgan fingerprint density at radius 3 is 1.88 bits per heavy atom. The molecule has 1 unspecified atom stereocenters. The van der Waals surface area contributed by atoms with Gasteiger partial charge in [0.25, 0.3) is 0 Å². The predicted octanol–water partition coefficient (Wildman–Crippen LogP) is 11.0. The minimum atomic E-state index is -1.07. The van der Waals surface area contributed by atoms with Gasteiger partial charge >= 0.3 is 0 Å². The first-order chi connectivity index (χ1) is 24.3. The molecule has 9 heteroatoms. The molecule has 0 aliphatic carbocycles. The van der Waals surface area contributed by atoms with Crippen LogP contribution in [0.4, 0.5) is 0 Å². The van der Waals surface area contributed by atoms with Crippen molar-refractivity contribution in [2.75, 3.05) is 13.1 Å². The largest absolute Gasteiger partial charge is 0.373 e. The number of hydrogen-bond donors (Lipinski definition) is 3. The molecule has 0 bridgehead atoms. The van der Waals surface area contributed by atoms with Gasteiger partial charge in [-0.15, -0.1) is 0 Å². The third-order valence-electron chi connectivity index (χ3n) is 7.59. The van der Waals surface area contributed by atoms with Crippen molar-refractivity contribution in [3.63, 3.8) is 0 Å². The summed E-state index contributed by atoms with van der Waals surface area (Å²) in [6.07, 6.45) is 31.8. The van der Waals surface area contributed by atoms with E-state index in [-0.39, 0.29) is 5.91 Å². The molecule has 50 heavy (non-hydrogen) atoms. The Morgan fingerprint density at radius 2 is 1.32 bits per heavy atom. The number of hydrogen-bond acceptors (Lipinski definition) is 4. The Morgan fingerprint density at radius 1 is 0.780 bits per heavy atom. The molecule has 266 valence electrons. The number of aliphatic hydroxyl groups is 1. The smallest absolute Gasteiger partial charge is 0.220 e. The number of aromatic nitrogens is 2. The van der Waals surface area contributed by atoms with Crippen molar-refractivity contribution in [1.29, 1.82) is 0 Å². The fourth-order valence-electron chi connectivity index (χ4n) is 5.00. The van der Waals surface area contributed by atoms with Gasteiger partial charge in [0, 0.05) is 40.7 Å². The first-order valence-corrected chi connectivity index (χ1v) is 18.3. The zero-order valence-electron chi connectivity index (χ0n) is 29.0. The Bertz CT molecular complexity index is 1650. The summed E-state index contributed by atoms with van der Waals surface area (Å²) in [5.74, 6) is -0.0383. The molecule has 0 spiro atoms. The monoisotopic (exact) mass is 734 g/mol. The van der Waals surface area contributed by atoms with Crippen LogP contribution >= 0.6 is 34.8 Å². The first kappa shape index (κ1) is 40.8. The maximum Gasteiger partial charge on any atom is 0.220 e. The van der Waals surface area contributed by atoms with Crippen molar-refractivity contribution in [3.8, 4) is 16.9 Å². The van der Waals surface area contributed by atoms with Crippen LogP contribution in [-0.4, -0.2) is 33.9 Å². The molecule has 2 aromatic carbocycles. The number of rotatable bonds is 21. The molecule has 1 amide bonds. The van der Waals surface area contributed by atoms with Crippen LogP contribution in [0.25, 0.3) is 16.9 Å². The maximum absolute atomic E-state index is 12.3. The zero-order valence-corrected chi connectivity index (χ0v) is 31.3. The highest BCUT2D eigenvalue weighted by Gasteiger charge is 2.23. The third kappa shape index (κ3) is 14.7. The van der Waals surface area contributed by atoms with Gasteiger partial charge in [0.05, 0.1) is 16.4 Å². The maximum atomic E-state index is 12.3. The Balaban J connectivity index is 1.35. The highest BCUT2D eigenvalue weighted by molar-refractivity contribution is 6.35. The Kier molecular flexibility index (Phi) is 19.3. The molecule has 3 aromatic rings. The van der Waals surface area contributed by atoms with Crippen LogP contribution in [0.2, 0.25) is 15.1 Å². The average Bonchev–Trinajstić information content (AvgIpc) is 3.44. The minimum absolute atomic E-state index is 0.0383. The molecule has 1 atom stereocenters. The lowest BCUT2D eigenvalue weighted by Crippen LogP contribution is -2.33. The third-order valence-corrected chi connectivity index (χ3v) is 8.38. The normalized spacial score (nSPS) is 13.0. The van der Waals surface area contributed by atoms with E-state index >= 15 is 0 Å². The van der Waals surface area contributed by atoms with Crippen LogP contribution in [0.5, 0.6) is 0 Å². The second kappa shape index (κ2) is 23.7. The molecule has 3 N–H and O–H groups in total. The molecule has 0 radical (unpaired) electrons. The molecule has 3 rings (SSSR count). The van der Waals surface area contributed by atoms with Crippen molar-refractivity contribution in [1.82, 2.24) is 20.4 Å². The van der Waals surface area contributed by atoms with Crippen LogP contribution in [0, 0.1) is 6.92 Å². The van der Waals surface area contributed by atoms with Crippen LogP contribution < -0.4 is 10.6 Å². The van der Waals surface area contributed by atoms with Gasteiger partial charge in [-0.2, -0.15) is 5.10 Å². The lowest BCUT2D eigenvalue weighted by Gasteiger charge is -2.12. The molecular weight excluding hydrogens is 687 g/mol. The summed E-state index contributed by atoms with van der Waals surface area (Å²) in [5.41, 5.74) is 3.48. The lowest BCUT2D eigenvalue weighted by molar-refractivity contribution is -0.121.